The quantitative estimate of drug-likeness (QED) is 0.783. The molecule has 3 heterocycles. The van der Waals surface area contributed by atoms with Crippen molar-refractivity contribution in [3.05, 3.63) is 36.5 Å². The molecule has 18 heavy (non-hydrogen) atoms. The Morgan fingerprint density at radius 2 is 2.39 bits per heavy atom. The summed E-state index contributed by atoms with van der Waals surface area (Å²) in [5, 5.41) is 13.0. The van der Waals surface area contributed by atoms with Gasteiger partial charge < -0.3 is 4.90 Å². The zero-order valence-electron chi connectivity index (χ0n) is 9.77. The predicted octanol–water partition coefficient (Wildman–Crippen LogP) is 0.996. The lowest BCUT2D eigenvalue weighted by Crippen LogP contribution is -2.21. The fraction of sp³-hybridized carbons (Fsp3) is 0.333. The average Bonchev–Trinajstić information content (AvgIpc) is 3.08. The van der Waals surface area contributed by atoms with Gasteiger partial charge in [-0.15, -0.1) is 0 Å². The van der Waals surface area contributed by atoms with Gasteiger partial charge in [-0.2, -0.15) is 10.4 Å². The first-order chi connectivity index (χ1) is 8.86. The van der Waals surface area contributed by atoms with E-state index in [-0.39, 0.29) is 0 Å². The summed E-state index contributed by atoms with van der Waals surface area (Å²) in [6.45, 7) is 1.81. The maximum absolute atomic E-state index is 8.79. The van der Waals surface area contributed by atoms with Gasteiger partial charge in [-0.1, -0.05) is 0 Å². The Balaban J connectivity index is 1.74. The number of hydrogen-bond donors (Lipinski definition) is 0. The molecule has 1 unspecified atom stereocenters. The van der Waals surface area contributed by atoms with Crippen molar-refractivity contribution in [1.29, 1.82) is 5.26 Å². The molecule has 1 atom stereocenters. The Kier molecular flexibility index (Phi) is 2.65. The molecule has 0 aliphatic carbocycles. The van der Waals surface area contributed by atoms with E-state index in [2.05, 4.69) is 26.0 Å². The lowest BCUT2D eigenvalue weighted by Gasteiger charge is -2.16. The third-order valence-electron chi connectivity index (χ3n) is 3.16. The summed E-state index contributed by atoms with van der Waals surface area (Å²) in [5.74, 6) is 0.945. The summed E-state index contributed by atoms with van der Waals surface area (Å²) < 4.78 is 1.87. The number of aromatic nitrogens is 4. The molecule has 0 N–H and O–H groups in total. The van der Waals surface area contributed by atoms with Crippen molar-refractivity contribution in [3.8, 4) is 6.07 Å². The Morgan fingerprint density at radius 3 is 3.11 bits per heavy atom. The summed E-state index contributed by atoms with van der Waals surface area (Å²) in [7, 11) is 0. The van der Waals surface area contributed by atoms with Crippen molar-refractivity contribution >= 4 is 5.82 Å². The number of nitrogens with zero attached hydrogens (tertiary/aromatic N) is 6. The van der Waals surface area contributed by atoms with Gasteiger partial charge in [-0.3, -0.25) is 4.68 Å². The average molecular weight is 240 g/mol. The van der Waals surface area contributed by atoms with Gasteiger partial charge in [0.05, 0.1) is 17.8 Å². The summed E-state index contributed by atoms with van der Waals surface area (Å²) in [4.78, 5) is 10.4. The topological polar surface area (TPSA) is 70.6 Å². The van der Waals surface area contributed by atoms with Gasteiger partial charge in [0.2, 0.25) is 0 Å². The van der Waals surface area contributed by atoms with Crippen LogP contribution in [0, 0.1) is 11.3 Å². The second kappa shape index (κ2) is 4.45. The molecule has 2 aromatic heterocycles. The molecule has 0 radical (unpaired) electrons. The van der Waals surface area contributed by atoms with Crippen LogP contribution in [0.15, 0.2) is 31.0 Å². The fourth-order valence-electron chi connectivity index (χ4n) is 2.23. The van der Waals surface area contributed by atoms with E-state index in [1.54, 1.807) is 24.9 Å². The van der Waals surface area contributed by atoms with E-state index in [4.69, 9.17) is 5.26 Å². The Bertz CT molecular complexity index is 570. The van der Waals surface area contributed by atoms with Crippen LogP contribution >= 0.6 is 0 Å². The van der Waals surface area contributed by atoms with Crippen LogP contribution in [0.5, 0.6) is 0 Å². The second-order valence-electron chi connectivity index (χ2n) is 4.28. The van der Waals surface area contributed by atoms with Crippen molar-refractivity contribution < 1.29 is 0 Å². The number of nitriles is 1. The molecular formula is C12H12N6. The Hall–Kier alpha value is -2.42. The first kappa shape index (κ1) is 10.7. The molecule has 0 aromatic carbocycles. The third-order valence-corrected chi connectivity index (χ3v) is 3.16. The smallest absolute Gasteiger partial charge is 0.131 e. The van der Waals surface area contributed by atoms with Gasteiger partial charge in [-0.25, -0.2) is 9.97 Å². The van der Waals surface area contributed by atoms with Crippen LogP contribution in [0.25, 0.3) is 0 Å². The maximum atomic E-state index is 8.79. The number of rotatable bonds is 2. The van der Waals surface area contributed by atoms with E-state index >= 15 is 0 Å². The highest BCUT2D eigenvalue weighted by atomic mass is 15.3. The largest absolute Gasteiger partial charge is 0.354 e. The lowest BCUT2D eigenvalue weighted by atomic mass is 10.3. The van der Waals surface area contributed by atoms with Gasteiger partial charge >= 0.3 is 0 Å². The molecule has 0 amide bonds. The van der Waals surface area contributed by atoms with Crippen LogP contribution in [-0.4, -0.2) is 32.8 Å². The molecule has 3 rings (SSSR count). The van der Waals surface area contributed by atoms with E-state index in [0.29, 0.717) is 11.6 Å². The minimum absolute atomic E-state index is 0.307. The van der Waals surface area contributed by atoms with Crippen LogP contribution in [0.2, 0.25) is 0 Å². The van der Waals surface area contributed by atoms with Gasteiger partial charge in [-0.05, 0) is 12.5 Å². The van der Waals surface area contributed by atoms with Gasteiger partial charge in [0.15, 0.2) is 0 Å². The second-order valence-corrected chi connectivity index (χ2v) is 4.28. The molecule has 1 fully saturated rings. The van der Waals surface area contributed by atoms with E-state index in [1.807, 2.05) is 10.7 Å². The summed E-state index contributed by atoms with van der Waals surface area (Å²) >= 11 is 0. The minimum atomic E-state index is 0.307. The molecular weight excluding hydrogens is 228 g/mol. The standard InChI is InChI=1S/C12H12N6/c13-5-10-6-16-18(7-10)11-2-4-17(8-11)12-1-3-14-9-15-12/h1,3,6-7,9,11H,2,4,8H2. The Morgan fingerprint density at radius 1 is 1.44 bits per heavy atom. The van der Waals surface area contributed by atoms with Crippen LogP contribution in [-0.2, 0) is 0 Å². The normalized spacial score (nSPS) is 18.8. The predicted molar refractivity (Wildman–Crippen MR) is 64.8 cm³/mol. The van der Waals surface area contributed by atoms with E-state index < -0.39 is 0 Å². The molecule has 6 nitrogen and oxygen atoms in total. The summed E-state index contributed by atoms with van der Waals surface area (Å²) in [5.41, 5.74) is 0.607. The molecule has 1 aliphatic rings. The van der Waals surface area contributed by atoms with Crippen LogP contribution in [0.4, 0.5) is 5.82 Å². The molecule has 0 spiro atoms. The zero-order valence-corrected chi connectivity index (χ0v) is 9.77. The molecule has 0 saturated carbocycles. The zero-order chi connectivity index (χ0) is 12.4. The van der Waals surface area contributed by atoms with E-state index in [1.165, 1.54) is 0 Å². The lowest BCUT2D eigenvalue weighted by molar-refractivity contribution is 0.494. The van der Waals surface area contributed by atoms with Crippen molar-refractivity contribution in [3.63, 3.8) is 0 Å². The van der Waals surface area contributed by atoms with E-state index in [0.717, 1.165) is 25.3 Å². The highest BCUT2D eigenvalue weighted by Crippen LogP contribution is 2.24. The summed E-state index contributed by atoms with van der Waals surface area (Å²) in [6, 6.07) is 4.31. The molecule has 6 heteroatoms. The van der Waals surface area contributed by atoms with E-state index in [9.17, 15) is 0 Å². The SMILES string of the molecule is N#Cc1cnn(C2CCN(c3ccncn3)C2)c1. The fourth-order valence-corrected chi connectivity index (χ4v) is 2.23. The van der Waals surface area contributed by atoms with Crippen LogP contribution < -0.4 is 4.90 Å². The van der Waals surface area contributed by atoms with Crippen molar-refractivity contribution in [2.24, 2.45) is 0 Å². The van der Waals surface area contributed by atoms with Crippen molar-refractivity contribution in [1.82, 2.24) is 19.7 Å². The Labute approximate surface area is 105 Å². The molecule has 2 aromatic rings. The van der Waals surface area contributed by atoms with Gasteiger partial charge in [0, 0.05) is 25.5 Å². The van der Waals surface area contributed by atoms with Crippen LogP contribution in [0.1, 0.15) is 18.0 Å². The molecule has 1 aliphatic heterocycles. The van der Waals surface area contributed by atoms with Crippen LogP contribution in [0.3, 0.4) is 0 Å². The van der Waals surface area contributed by atoms with Crippen molar-refractivity contribution in [2.75, 3.05) is 18.0 Å². The highest BCUT2D eigenvalue weighted by molar-refractivity contribution is 5.38. The van der Waals surface area contributed by atoms with Crippen molar-refractivity contribution in [2.45, 2.75) is 12.5 Å². The number of hydrogen-bond acceptors (Lipinski definition) is 5. The number of anilines is 1. The molecule has 90 valence electrons. The third kappa shape index (κ3) is 1.91. The minimum Gasteiger partial charge on any atom is -0.354 e. The molecule has 0 bridgehead atoms. The van der Waals surface area contributed by atoms with Gasteiger partial charge in [0.1, 0.15) is 18.2 Å². The molecule has 1 saturated heterocycles. The monoisotopic (exact) mass is 240 g/mol. The highest BCUT2D eigenvalue weighted by Gasteiger charge is 2.25. The summed E-state index contributed by atoms with van der Waals surface area (Å²) in [6.07, 6.45) is 7.72. The van der Waals surface area contributed by atoms with Gasteiger partial charge in [0.25, 0.3) is 0 Å². The first-order valence-electron chi connectivity index (χ1n) is 5.82. The maximum Gasteiger partial charge on any atom is 0.131 e. The first-order valence-corrected chi connectivity index (χ1v) is 5.82.